The maximum absolute atomic E-state index is 13.3. The third-order valence-electron chi connectivity index (χ3n) is 6.58. The minimum Gasteiger partial charge on any atom is -0.480 e. The van der Waals surface area contributed by atoms with Crippen LogP contribution in [0.5, 0.6) is 0 Å². The van der Waals surface area contributed by atoms with Crippen LogP contribution in [0.25, 0.3) is 0 Å². The molecule has 5 N–H and O–H groups in total. The van der Waals surface area contributed by atoms with Gasteiger partial charge in [0, 0.05) is 10.3 Å². The van der Waals surface area contributed by atoms with E-state index in [0.29, 0.717) is 5.56 Å². The Hall–Kier alpha value is -4.88. The van der Waals surface area contributed by atoms with E-state index >= 15 is 0 Å². The Morgan fingerprint density at radius 3 is 2.33 bits per heavy atom. The van der Waals surface area contributed by atoms with E-state index in [9.17, 15) is 24.3 Å². The fourth-order valence-corrected chi connectivity index (χ4v) is 6.34. The van der Waals surface area contributed by atoms with Crippen molar-refractivity contribution >= 4 is 41.3 Å². The maximum Gasteiger partial charge on any atom is 0.327 e. The van der Waals surface area contributed by atoms with E-state index < -0.39 is 58.5 Å². The van der Waals surface area contributed by atoms with Gasteiger partial charge in [-0.2, -0.15) is 10.5 Å². The number of nitrogens with zero attached hydrogens (tertiary/aromatic N) is 3. The average molecular weight is 560 g/mol. The summed E-state index contributed by atoms with van der Waals surface area (Å²) in [6.45, 7) is 3.07. The Balaban J connectivity index is 1.44. The SMILES string of the molecule is CC1(C)S[C@@H]2C(NC(=O)C(NC(=O)CNC(=N)c3cc(C#N)cc(C#N)c3)c3ccccc3)C(=O)N2[C@H]1C(=O)O. The summed E-state index contributed by atoms with van der Waals surface area (Å²) in [7, 11) is 0. The summed E-state index contributed by atoms with van der Waals surface area (Å²) in [5, 5.41) is 43.5. The summed E-state index contributed by atoms with van der Waals surface area (Å²) >= 11 is 1.29. The molecule has 4 rings (SSSR count). The van der Waals surface area contributed by atoms with Crippen LogP contribution in [-0.2, 0) is 19.2 Å². The largest absolute Gasteiger partial charge is 0.480 e. The van der Waals surface area contributed by atoms with Gasteiger partial charge in [-0.1, -0.05) is 30.3 Å². The highest BCUT2D eigenvalue weighted by Crippen LogP contribution is 2.50. The molecule has 12 nitrogen and oxygen atoms in total. The van der Waals surface area contributed by atoms with Crippen molar-refractivity contribution in [1.82, 2.24) is 20.9 Å². The van der Waals surface area contributed by atoms with Crippen molar-refractivity contribution < 1.29 is 24.3 Å². The van der Waals surface area contributed by atoms with Gasteiger partial charge in [0.15, 0.2) is 0 Å². The summed E-state index contributed by atoms with van der Waals surface area (Å²) in [5.41, 5.74) is 1.07. The van der Waals surface area contributed by atoms with Crippen LogP contribution >= 0.6 is 11.8 Å². The van der Waals surface area contributed by atoms with Crippen molar-refractivity contribution in [2.24, 2.45) is 0 Å². The fourth-order valence-electron chi connectivity index (χ4n) is 4.71. The van der Waals surface area contributed by atoms with E-state index in [0.717, 1.165) is 0 Å². The van der Waals surface area contributed by atoms with Crippen LogP contribution in [0.1, 0.15) is 42.1 Å². The van der Waals surface area contributed by atoms with Crippen molar-refractivity contribution in [2.75, 3.05) is 6.54 Å². The van der Waals surface area contributed by atoms with Crippen LogP contribution in [0.3, 0.4) is 0 Å². The highest BCUT2D eigenvalue weighted by molar-refractivity contribution is 8.01. The zero-order chi connectivity index (χ0) is 29.2. The van der Waals surface area contributed by atoms with E-state index in [-0.39, 0.29) is 22.5 Å². The predicted octanol–water partition coefficient (Wildman–Crippen LogP) is 0.834. The second kappa shape index (κ2) is 11.1. The predicted molar refractivity (Wildman–Crippen MR) is 144 cm³/mol. The molecule has 0 spiro atoms. The number of carbonyl (C=O) groups is 4. The quantitative estimate of drug-likeness (QED) is 0.177. The number of β-lactam (4-membered cyclic amide) rings is 1. The van der Waals surface area contributed by atoms with Gasteiger partial charge in [-0.25, -0.2) is 4.79 Å². The Morgan fingerprint density at radius 1 is 1.12 bits per heavy atom. The lowest BCUT2D eigenvalue weighted by atomic mass is 9.95. The van der Waals surface area contributed by atoms with Gasteiger partial charge in [0.2, 0.25) is 17.7 Å². The molecule has 2 fully saturated rings. The molecule has 2 saturated heterocycles. The lowest BCUT2D eigenvalue weighted by molar-refractivity contribution is -0.161. The van der Waals surface area contributed by atoms with E-state index in [1.54, 1.807) is 44.2 Å². The second-order valence-electron chi connectivity index (χ2n) is 9.75. The van der Waals surface area contributed by atoms with Gasteiger partial charge in [-0.05, 0) is 37.6 Å². The Kier molecular flexibility index (Phi) is 7.79. The number of hydrogen-bond acceptors (Lipinski definition) is 8. The normalized spacial score (nSPS) is 21.1. The minimum absolute atomic E-state index is 0.188. The molecule has 0 radical (unpaired) electrons. The molecule has 0 aromatic heterocycles. The van der Waals surface area contributed by atoms with Gasteiger partial charge < -0.3 is 26.0 Å². The number of carboxylic acid groups (broad SMARTS) is 1. The number of amidine groups is 1. The average Bonchev–Trinajstić information content (AvgIpc) is 3.20. The molecule has 2 aliphatic rings. The zero-order valence-corrected chi connectivity index (χ0v) is 22.3. The van der Waals surface area contributed by atoms with Crippen LogP contribution in [0, 0.1) is 28.1 Å². The molecule has 2 aliphatic heterocycles. The number of hydrogen-bond donors (Lipinski definition) is 5. The highest BCUT2D eigenvalue weighted by atomic mass is 32.2. The van der Waals surface area contributed by atoms with Gasteiger partial charge >= 0.3 is 5.97 Å². The van der Waals surface area contributed by atoms with Crippen LogP contribution in [-0.4, -0.2) is 68.3 Å². The van der Waals surface area contributed by atoms with E-state index in [4.69, 9.17) is 15.9 Å². The number of carbonyl (C=O) groups excluding carboxylic acids is 3. The molecular formula is C27H25N7O5S. The van der Waals surface area contributed by atoms with Crippen molar-refractivity contribution in [1.29, 1.82) is 15.9 Å². The molecule has 2 aromatic carbocycles. The van der Waals surface area contributed by atoms with Gasteiger partial charge in [-0.3, -0.25) is 19.8 Å². The Labute approximate surface area is 233 Å². The maximum atomic E-state index is 13.3. The van der Waals surface area contributed by atoms with Crippen molar-refractivity contribution in [3.8, 4) is 12.1 Å². The molecule has 13 heteroatoms. The second-order valence-corrected chi connectivity index (χ2v) is 11.5. The van der Waals surface area contributed by atoms with Gasteiger partial charge in [0.05, 0.1) is 29.8 Å². The minimum atomic E-state index is -1.17. The van der Waals surface area contributed by atoms with Crippen LogP contribution in [0.2, 0.25) is 0 Å². The summed E-state index contributed by atoms with van der Waals surface area (Å²) in [6.07, 6.45) is 0. The topological polar surface area (TPSA) is 199 Å². The first-order valence-corrected chi connectivity index (χ1v) is 13.0. The molecule has 2 aromatic rings. The lowest BCUT2D eigenvalue weighted by Gasteiger charge is -2.44. The number of thioether (sulfide) groups is 1. The Morgan fingerprint density at radius 2 is 1.75 bits per heavy atom. The third kappa shape index (κ3) is 5.46. The summed E-state index contributed by atoms with van der Waals surface area (Å²) < 4.78 is -0.754. The van der Waals surface area contributed by atoms with Gasteiger partial charge in [-0.15, -0.1) is 11.8 Å². The summed E-state index contributed by atoms with van der Waals surface area (Å²) in [4.78, 5) is 52.1. The van der Waals surface area contributed by atoms with Crippen LogP contribution < -0.4 is 16.0 Å². The number of nitriles is 2. The van der Waals surface area contributed by atoms with E-state index in [2.05, 4.69) is 16.0 Å². The van der Waals surface area contributed by atoms with Crippen molar-refractivity contribution in [3.05, 3.63) is 70.8 Å². The van der Waals surface area contributed by atoms with Gasteiger partial charge in [0.1, 0.15) is 29.3 Å². The molecule has 2 heterocycles. The van der Waals surface area contributed by atoms with Crippen molar-refractivity contribution in [2.45, 2.75) is 42.1 Å². The smallest absolute Gasteiger partial charge is 0.327 e. The summed E-state index contributed by atoms with van der Waals surface area (Å²) in [6, 6.07) is 13.3. The lowest BCUT2D eigenvalue weighted by Crippen LogP contribution is -2.71. The zero-order valence-electron chi connectivity index (χ0n) is 21.5. The number of rotatable bonds is 8. The molecule has 0 saturated carbocycles. The number of aliphatic carboxylic acids is 1. The number of carboxylic acids is 1. The molecular weight excluding hydrogens is 534 g/mol. The molecule has 0 aliphatic carbocycles. The molecule has 4 atom stereocenters. The van der Waals surface area contributed by atoms with E-state index in [1.165, 1.54) is 34.9 Å². The number of benzene rings is 2. The molecule has 40 heavy (non-hydrogen) atoms. The molecule has 3 amide bonds. The van der Waals surface area contributed by atoms with Crippen LogP contribution in [0.4, 0.5) is 0 Å². The first-order valence-electron chi connectivity index (χ1n) is 12.1. The number of amides is 3. The monoisotopic (exact) mass is 559 g/mol. The van der Waals surface area contributed by atoms with Crippen LogP contribution in [0.15, 0.2) is 48.5 Å². The molecule has 0 bridgehead atoms. The first kappa shape index (κ1) is 28.1. The van der Waals surface area contributed by atoms with E-state index in [1.807, 2.05) is 12.1 Å². The fraction of sp³-hybridized carbons (Fsp3) is 0.296. The van der Waals surface area contributed by atoms with Gasteiger partial charge in [0.25, 0.3) is 0 Å². The Bertz CT molecular complexity index is 1450. The third-order valence-corrected chi connectivity index (χ3v) is 8.15. The summed E-state index contributed by atoms with van der Waals surface area (Å²) in [5.74, 6) is -3.10. The standard InChI is InChI=1S/C27H25N7O5S/c1-27(2)21(26(38)39)34-24(37)20(25(34)40-27)33-23(36)19(16-6-4-3-5-7-16)32-18(35)13-31-22(30)17-9-14(11-28)8-15(10-17)12-29/h3-10,19-21,25H,13H2,1-2H3,(H2,30,31)(H,32,35)(H,33,36)(H,38,39)/t19?,20?,21-,25+/m0/s1. The molecule has 2 unspecified atom stereocenters. The highest BCUT2D eigenvalue weighted by Gasteiger charge is 2.64. The first-order chi connectivity index (χ1) is 19.0. The van der Waals surface area contributed by atoms with Crippen molar-refractivity contribution in [3.63, 3.8) is 0 Å². The number of nitrogens with one attached hydrogen (secondary N) is 4. The number of fused-ring (bicyclic) bond motifs is 1. The molecule has 204 valence electrons.